The van der Waals surface area contributed by atoms with Crippen LogP contribution in [0.2, 0.25) is 0 Å². The van der Waals surface area contributed by atoms with Gasteiger partial charge in [0.2, 0.25) is 21.8 Å². The Hall–Kier alpha value is -3.46. The zero-order valence-electron chi connectivity index (χ0n) is 21.9. The summed E-state index contributed by atoms with van der Waals surface area (Å²) in [4.78, 5) is 28.4. The second-order valence-corrected chi connectivity index (χ2v) is 12.0. The first-order valence-corrected chi connectivity index (χ1v) is 14.0. The van der Waals surface area contributed by atoms with Crippen molar-refractivity contribution >= 4 is 38.3 Å². The minimum absolute atomic E-state index is 0.0162. The fraction of sp³-hybridized carbons (Fsp3) is 0.357. The quantitative estimate of drug-likeness (QED) is 0.445. The lowest BCUT2D eigenvalue weighted by Gasteiger charge is -2.34. The molecule has 0 spiro atoms. The first kappa shape index (κ1) is 28.1. The number of nitrogens with one attached hydrogen (secondary N) is 1. The molecule has 0 radical (unpaired) electrons. The fourth-order valence-corrected chi connectivity index (χ4v) is 5.04. The number of carbonyl (C=O) groups excluding carboxylic acids is 2. The molecule has 0 saturated carbocycles. The Balaban J connectivity index is 2.03. The molecule has 37 heavy (non-hydrogen) atoms. The van der Waals surface area contributed by atoms with Crippen molar-refractivity contribution in [2.75, 3.05) is 17.1 Å². The van der Waals surface area contributed by atoms with Gasteiger partial charge in [-0.25, -0.2) is 12.8 Å². The molecule has 3 rings (SSSR count). The van der Waals surface area contributed by atoms with Crippen molar-refractivity contribution in [1.82, 2.24) is 10.2 Å². The molecule has 0 heterocycles. The Morgan fingerprint density at radius 1 is 0.973 bits per heavy atom. The van der Waals surface area contributed by atoms with Gasteiger partial charge < -0.3 is 10.2 Å². The first-order valence-electron chi connectivity index (χ1n) is 12.1. The highest BCUT2D eigenvalue weighted by molar-refractivity contribution is 7.92. The van der Waals surface area contributed by atoms with Gasteiger partial charge in [0.1, 0.15) is 18.4 Å². The summed E-state index contributed by atoms with van der Waals surface area (Å²) in [6.45, 7) is 6.84. The molecular formula is C28H34FN3O4S. The molecule has 198 valence electrons. The largest absolute Gasteiger partial charge is 0.350 e. The number of fused-ring (bicyclic) bond motifs is 1. The van der Waals surface area contributed by atoms with Crippen molar-refractivity contribution in [3.05, 3.63) is 78.1 Å². The second kappa shape index (κ2) is 11.3. The van der Waals surface area contributed by atoms with Crippen LogP contribution >= 0.6 is 0 Å². The third-order valence-electron chi connectivity index (χ3n) is 5.86. The van der Waals surface area contributed by atoms with E-state index in [0.29, 0.717) is 23.1 Å². The van der Waals surface area contributed by atoms with Crippen molar-refractivity contribution in [2.24, 2.45) is 0 Å². The summed E-state index contributed by atoms with van der Waals surface area (Å²) in [6.07, 6.45) is 1.36. The summed E-state index contributed by atoms with van der Waals surface area (Å²) in [5.41, 5.74) is 0.465. The average molecular weight is 528 g/mol. The van der Waals surface area contributed by atoms with Gasteiger partial charge in [0.15, 0.2) is 0 Å². The van der Waals surface area contributed by atoms with E-state index in [2.05, 4.69) is 5.32 Å². The van der Waals surface area contributed by atoms with E-state index >= 15 is 0 Å². The van der Waals surface area contributed by atoms with E-state index in [4.69, 9.17) is 0 Å². The van der Waals surface area contributed by atoms with Crippen LogP contribution in [0.5, 0.6) is 0 Å². The lowest BCUT2D eigenvalue weighted by atomic mass is 10.1. The smallest absolute Gasteiger partial charge is 0.244 e. The molecule has 3 aromatic carbocycles. The Bertz CT molecular complexity index is 1360. The maximum Gasteiger partial charge on any atom is 0.244 e. The van der Waals surface area contributed by atoms with Gasteiger partial charge in [0, 0.05) is 17.5 Å². The van der Waals surface area contributed by atoms with Gasteiger partial charge in [-0.1, -0.05) is 55.5 Å². The molecule has 0 bridgehead atoms. The van der Waals surface area contributed by atoms with Gasteiger partial charge in [-0.3, -0.25) is 13.9 Å². The fourth-order valence-electron chi connectivity index (χ4n) is 4.18. The van der Waals surface area contributed by atoms with Crippen LogP contribution in [0.4, 0.5) is 10.1 Å². The van der Waals surface area contributed by atoms with Crippen LogP contribution in [0.1, 0.15) is 39.7 Å². The average Bonchev–Trinajstić information content (AvgIpc) is 2.81. The van der Waals surface area contributed by atoms with Crippen LogP contribution in [-0.4, -0.2) is 49.5 Å². The lowest BCUT2D eigenvalue weighted by molar-refractivity contribution is -0.141. The Morgan fingerprint density at radius 2 is 1.59 bits per heavy atom. The van der Waals surface area contributed by atoms with Crippen LogP contribution in [0, 0.1) is 5.82 Å². The van der Waals surface area contributed by atoms with E-state index in [-0.39, 0.29) is 12.5 Å². The standard InChI is InChI=1S/C28H34FN3O4S/c1-6-24(27(34)30-28(2,3)4)31(18-20-14-16-22(29)17-15-20)26(33)19-32(37(5,35)36)25-13-9-11-21-10-7-8-12-23(21)25/h7-17,24H,6,18-19H2,1-5H3,(H,30,34)/t24-/m1/s1. The molecule has 0 aliphatic carbocycles. The molecule has 2 amide bonds. The Labute approximate surface area is 218 Å². The highest BCUT2D eigenvalue weighted by Crippen LogP contribution is 2.29. The molecule has 1 atom stereocenters. The van der Waals surface area contributed by atoms with Crippen LogP contribution in [0.3, 0.4) is 0 Å². The molecule has 9 heteroatoms. The molecule has 0 aliphatic heterocycles. The summed E-state index contributed by atoms with van der Waals surface area (Å²) < 4.78 is 40.4. The summed E-state index contributed by atoms with van der Waals surface area (Å²) >= 11 is 0. The predicted octanol–water partition coefficient (Wildman–Crippen LogP) is 4.47. The van der Waals surface area contributed by atoms with Crippen LogP contribution < -0.4 is 9.62 Å². The van der Waals surface area contributed by atoms with Gasteiger partial charge in [-0.2, -0.15) is 0 Å². The summed E-state index contributed by atoms with van der Waals surface area (Å²) in [5.74, 6) is -1.31. The van der Waals surface area contributed by atoms with Gasteiger partial charge in [0.25, 0.3) is 0 Å². The van der Waals surface area contributed by atoms with Crippen LogP contribution in [0.15, 0.2) is 66.7 Å². The number of carbonyl (C=O) groups is 2. The molecule has 3 aromatic rings. The topological polar surface area (TPSA) is 86.8 Å². The number of benzene rings is 3. The molecule has 0 aliphatic rings. The van der Waals surface area contributed by atoms with Crippen LogP contribution in [-0.2, 0) is 26.2 Å². The number of halogens is 1. The number of hydrogen-bond donors (Lipinski definition) is 1. The summed E-state index contributed by atoms with van der Waals surface area (Å²) in [6, 6.07) is 17.4. The van der Waals surface area contributed by atoms with Gasteiger partial charge in [-0.15, -0.1) is 0 Å². The lowest BCUT2D eigenvalue weighted by Crippen LogP contribution is -2.55. The molecule has 0 fully saturated rings. The third kappa shape index (κ3) is 7.29. The minimum atomic E-state index is -3.86. The van der Waals surface area contributed by atoms with E-state index in [9.17, 15) is 22.4 Å². The molecule has 0 aromatic heterocycles. The van der Waals surface area contributed by atoms with E-state index < -0.39 is 39.9 Å². The number of rotatable bonds is 9. The Kier molecular flexibility index (Phi) is 8.58. The van der Waals surface area contributed by atoms with E-state index in [1.807, 2.05) is 39.0 Å². The zero-order chi connectivity index (χ0) is 27.4. The van der Waals surface area contributed by atoms with Crippen molar-refractivity contribution < 1.29 is 22.4 Å². The minimum Gasteiger partial charge on any atom is -0.350 e. The van der Waals surface area contributed by atoms with Gasteiger partial charge >= 0.3 is 0 Å². The number of hydrogen-bond acceptors (Lipinski definition) is 4. The van der Waals surface area contributed by atoms with Gasteiger partial charge in [-0.05, 0) is 56.3 Å². The van der Waals surface area contributed by atoms with Crippen molar-refractivity contribution in [2.45, 2.75) is 52.2 Å². The maximum absolute atomic E-state index is 13.8. The zero-order valence-corrected chi connectivity index (χ0v) is 22.7. The second-order valence-electron chi connectivity index (χ2n) is 10.1. The van der Waals surface area contributed by atoms with E-state index in [1.54, 1.807) is 43.3 Å². The van der Waals surface area contributed by atoms with Gasteiger partial charge in [0.05, 0.1) is 11.9 Å². The number of nitrogens with zero attached hydrogens (tertiary/aromatic N) is 2. The van der Waals surface area contributed by atoms with Crippen molar-refractivity contribution in [3.63, 3.8) is 0 Å². The highest BCUT2D eigenvalue weighted by atomic mass is 32.2. The van der Waals surface area contributed by atoms with Crippen LogP contribution in [0.25, 0.3) is 10.8 Å². The SMILES string of the molecule is CC[C@H](C(=O)NC(C)(C)C)N(Cc1ccc(F)cc1)C(=O)CN(c1cccc2ccccc12)S(C)(=O)=O. The normalized spacial score (nSPS) is 12.7. The van der Waals surface area contributed by atoms with E-state index in [0.717, 1.165) is 15.9 Å². The summed E-state index contributed by atoms with van der Waals surface area (Å²) in [5, 5.41) is 4.43. The van der Waals surface area contributed by atoms with Crippen molar-refractivity contribution in [3.8, 4) is 0 Å². The monoisotopic (exact) mass is 527 g/mol. The molecular weight excluding hydrogens is 493 g/mol. The van der Waals surface area contributed by atoms with E-state index in [1.165, 1.54) is 17.0 Å². The highest BCUT2D eigenvalue weighted by Gasteiger charge is 2.33. The molecule has 7 nitrogen and oxygen atoms in total. The molecule has 0 unspecified atom stereocenters. The third-order valence-corrected chi connectivity index (χ3v) is 6.99. The maximum atomic E-state index is 13.8. The molecule has 1 N–H and O–H groups in total. The predicted molar refractivity (Wildman–Crippen MR) is 145 cm³/mol. The molecule has 0 saturated heterocycles. The first-order chi connectivity index (χ1) is 17.3. The summed E-state index contributed by atoms with van der Waals surface area (Å²) in [7, 11) is -3.86. The number of anilines is 1. The van der Waals surface area contributed by atoms with Crippen molar-refractivity contribution in [1.29, 1.82) is 0 Å². The number of amides is 2. The Morgan fingerprint density at radius 3 is 2.19 bits per heavy atom. The number of sulfonamides is 1.